The molecule has 0 bridgehead atoms. The predicted molar refractivity (Wildman–Crippen MR) is 198 cm³/mol. The Hall–Kier alpha value is -4.34. The number of aromatic nitrogens is 4. The quantitative estimate of drug-likeness (QED) is 0.0932. The molecule has 2 aromatic heterocycles. The minimum atomic E-state index is -6.40. The average molecular weight is 1020 g/mol. The van der Waals surface area contributed by atoms with Gasteiger partial charge in [-0.15, -0.1) is 0 Å². The monoisotopic (exact) mass is 1010 g/mol. The zero-order valence-electron chi connectivity index (χ0n) is 30.6. The van der Waals surface area contributed by atoms with Crippen LogP contribution in [0.5, 0.6) is 0 Å². The number of rotatable bonds is 13. The van der Waals surface area contributed by atoms with Crippen LogP contribution in [0.25, 0.3) is 11.4 Å². The Labute approximate surface area is 362 Å². The third-order valence-electron chi connectivity index (χ3n) is 8.57. The van der Waals surface area contributed by atoms with Crippen LogP contribution in [0.1, 0.15) is 48.2 Å². The largest absolute Gasteiger partial charge is 0.502 e. The second kappa shape index (κ2) is 17.7. The zero-order chi connectivity index (χ0) is 47.3. The Morgan fingerprint density at radius 3 is 1.06 bits per heavy atom. The highest BCUT2D eigenvalue weighted by Crippen LogP contribution is 2.45. The normalized spacial score (nSPS) is 13.0. The summed E-state index contributed by atoms with van der Waals surface area (Å²) < 4.78 is 216. The lowest BCUT2D eigenvalue weighted by atomic mass is 10.1. The molecule has 2 heterocycles. The number of hydrogen-bond acceptors (Lipinski definition) is 10. The number of sulfone groups is 2. The van der Waals surface area contributed by atoms with Gasteiger partial charge in [-0.05, 0) is 37.1 Å². The molecule has 62 heavy (non-hydrogen) atoms. The van der Waals surface area contributed by atoms with Gasteiger partial charge in [0, 0.05) is 27.2 Å². The van der Waals surface area contributed by atoms with E-state index in [0.29, 0.717) is 33.6 Å². The summed E-state index contributed by atoms with van der Waals surface area (Å²) in [7, 11) is -10.7. The highest BCUT2D eigenvalue weighted by molar-refractivity contribution is 7.92. The van der Waals surface area contributed by atoms with Crippen LogP contribution in [0.15, 0.2) is 34.1 Å². The summed E-state index contributed by atoms with van der Waals surface area (Å²) in [5.41, 5.74) is -18.9. The van der Waals surface area contributed by atoms with Crippen molar-refractivity contribution in [2.75, 3.05) is 37.0 Å². The summed E-state index contributed by atoms with van der Waals surface area (Å²) in [6.45, 7) is -0.750. The molecule has 12 nitrogen and oxygen atoms in total. The van der Waals surface area contributed by atoms with E-state index in [9.17, 15) is 80.0 Å². The van der Waals surface area contributed by atoms with E-state index in [-0.39, 0.29) is 38.8 Å². The standard InChI is InChI=1S/C32H22Cl4F12N8O4S2/c1-53(27-25(61(57,58)31(43,44)45)21(13-49)51-55(27)23-17(33)9-15(10-18(23)34)29(37,38)39)7-5-3-4-6-8-54(2)28-26(62(59,60)32(46,47)48)22(14-50)52-56(28)24-19(35)11-16(12-20(24)36)30(40,41)42/h9-12H,3-8H2,1-2H3. The van der Waals surface area contributed by atoms with E-state index in [1.54, 1.807) is 0 Å². The Balaban J connectivity index is 1.67. The molecule has 0 aliphatic rings. The lowest BCUT2D eigenvalue weighted by molar-refractivity contribution is -0.138. The van der Waals surface area contributed by atoms with Crippen molar-refractivity contribution >= 4 is 77.7 Å². The molecule has 0 N–H and O–H groups in total. The molecular formula is C32H22Cl4F12N8O4S2. The summed E-state index contributed by atoms with van der Waals surface area (Å²) in [5.74, 6) is -1.97. The van der Waals surface area contributed by atoms with E-state index in [0.717, 1.165) is 23.9 Å². The number of unbranched alkanes of at least 4 members (excludes halogenated alkanes) is 3. The minimum Gasteiger partial charge on any atom is -0.358 e. The molecule has 30 heteroatoms. The zero-order valence-corrected chi connectivity index (χ0v) is 35.3. The van der Waals surface area contributed by atoms with Crippen LogP contribution < -0.4 is 9.80 Å². The van der Waals surface area contributed by atoms with Gasteiger partial charge in [-0.1, -0.05) is 59.2 Å². The van der Waals surface area contributed by atoms with Gasteiger partial charge in [0.15, 0.2) is 32.8 Å². The summed E-state index contributed by atoms with van der Waals surface area (Å²) in [5, 5.41) is 23.0. The van der Waals surface area contributed by atoms with Gasteiger partial charge in [0.1, 0.15) is 23.5 Å². The van der Waals surface area contributed by atoms with Crippen molar-refractivity contribution in [3.63, 3.8) is 0 Å². The summed E-state index contributed by atoms with van der Waals surface area (Å²) in [6, 6.07) is 3.73. The molecule has 0 fully saturated rings. The van der Waals surface area contributed by atoms with Crippen LogP contribution in [0, 0.1) is 22.7 Å². The van der Waals surface area contributed by atoms with Crippen LogP contribution in [0.4, 0.5) is 64.3 Å². The number of benzene rings is 2. The molecular weight excluding hydrogens is 994 g/mol. The minimum absolute atomic E-state index is 0.0613. The third kappa shape index (κ3) is 9.74. The maximum absolute atomic E-state index is 13.9. The highest BCUT2D eigenvalue weighted by Gasteiger charge is 2.53. The van der Waals surface area contributed by atoms with Gasteiger partial charge >= 0.3 is 23.4 Å². The van der Waals surface area contributed by atoms with Gasteiger partial charge < -0.3 is 9.80 Å². The molecule has 0 saturated carbocycles. The van der Waals surface area contributed by atoms with Crippen LogP contribution in [-0.2, 0) is 32.0 Å². The van der Waals surface area contributed by atoms with Crippen LogP contribution in [0.2, 0.25) is 20.1 Å². The molecule has 4 rings (SSSR count). The lowest BCUT2D eigenvalue weighted by Gasteiger charge is -2.24. The molecule has 0 aliphatic heterocycles. The van der Waals surface area contributed by atoms with E-state index in [4.69, 9.17) is 46.4 Å². The molecule has 0 aliphatic carbocycles. The first-order chi connectivity index (χ1) is 28.2. The number of anilines is 2. The SMILES string of the molecule is CN(CCCCCCN(C)c1c(S(=O)(=O)C(F)(F)F)c(C#N)nn1-c1c(Cl)cc(C(F)(F)F)cc1Cl)c1c(S(=O)(=O)C(F)(F)F)c(C#N)nn1-c1c(Cl)cc(C(F)(F)F)cc1Cl. The maximum atomic E-state index is 13.9. The Bertz CT molecular complexity index is 2470. The van der Waals surface area contributed by atoms with Crippen molar-refractivity contribution in [1.29, 1.82) is 10.5 Å². The molecule has 0 spiro atoms. The molecule has 0 unspecified atom stereocenters. The van der Waals surface area contributed by atoms with Gasteiger partial charge in [-0.2, -0.15) is 73.4 Å². The molecule has 0 saturated heterocycles. The van der Waals surface area contributed by atoms with Crippen molar-refractivity contribution in [3.05, 3.63) is 66.9 Å². The summed E-state index contributed by atoms with van der Waals surface area (Å²) in [6.07, 6.45) is -10.0. The van der Waals surface area contributed by atoms with Crippen molar-refractivity contribution in [2.24, 2.45) is 0 Å². The number of nitriles is 2. The van der Waals surface area contributed by atoms with Crippen molar-refractivity contribution in [2.45, 2.75) is 58.8 Å². The second-order valence-corrected chi connectivity index (χ2v) is 18.2. The fourth-order valence-electron chi connectivity index (χ4n) is 5.77. The lowest BCUT2D eigenvalue weighted by Crippen LogP contribution is -2.29. The number of hydrogen-bond donors (Lipinski definition) is 0. The summed E-state index contributed by atoms with van der Waals surface area (Å²) >= 11 is 24.2. The van der Waals surface area contributed by atoms with E-state index < -0.39 is 118 Å². The average Bonchev–Trinajstić information content (AvgIpc) is 3.70. The van der Waals surface area contributed by atoms with Gasteiger partial charge in [-0.3, -0.25) is 0 Å². The van der Waals surface area contributed by atoms with E-state index >= 15 is 0 Å². The molecule has 0 atom stereocenters. The fourth-order valence-corrected chi connectivity index (χ4v) is 9.18. The molecule has 338 valence electrons. The van der Waals surface area contributed by atoms with Gasteiger partial charge in [0.25, 0.3) is 19.7 Å². The molecule has 0 radical (unpaired) electrons. The molecule has 0 amide bonds. The van der Waals surface area contributed by atoms with Gasteiger partial charge in [0.05, 0.1) is 31.2 Å². The van der Waals surface area contributed by atoms with Crippen LogP contribution >= 0.6 is 46.4 Å². The predicted octanol–water partition coefficient (Wildman–Crippen LogP) is 10.2. The topological polar surface area (TPSA) is 158 Å². The first kappa shape index (κ1) is 50.3. The van der Waals surface area contributed by atoms with Gasteiger partial charge in [0.2, 0.25) is 0 Å². The van der Waals surface area contributed by atoms with Gasteiger partial charge in [-0.25, -0.2) is 26.2 Å². The van der Waals surface area contributed by atoms with Crippen molar-refractivity contribution in [1.82, 2.24) is 19.6 Å². The fraction of sp³-hybridized carbons (Fsp3) is 0.375. The Morgan fingerprint density at radius 2 is 0.839 bits per heavy atom. The Morgan fingerprint density at radius 1 is 0.565 bits per heavy atom. The highest BCUT2D eigenvalue weighted by atomic mass is 35.5. The number of nitrogens with zero attached hydrogens (tertiary/aromatic N) is 8. The van der Waals surface area contributed by atoms with E-state index in [1.165, 1.54) is 12.1 Å². The second-order valence-electron chi connectivity index (χ2n) is 12.8. The molecule has 4 aromatic rings. The van der Waals surface area contributed by atoms with Crippen LogP contribution in [0.3, 0.4) is 0 Å². The number of alkyl halides is 12. The Kier molecular flexibility index (Phi) is 14.3. The van der Waals surface area contributed by atoms with E-state index in [1.807, 2.05) is 0 Å². The van der Waals surface area contributed by atoms with Crippen LogP contribution in [-0.4, -0.2) is 74.6 Å². The van der Waals surface area contributed by atoms with E-state index in [2.05, 4.69) is 10.2 Å². The first-order valence-electron chi connectivity index (χ1n) is 16.5. The number of halogens is 16. The molecule has 2 aromatic carbocycles. The maximum Gasteiger partial charge on any atom is 0.502 e. The third-order valence-corrected chi connectivity index (χ3v) is 12.8. The smallest absolute Gasteiger partial charge is 0.358 e. The van der Waals surface area contributed by atoms with Crippen molar-refractivity contribution < 1.29 is 69.5 Å². The first-order valence-corrected chi connectivity index (χ1v) is 21.0. The van der Waals surface area contributed by atoms with Crippen molar-refractivity contribution in [3.8, 4) is 23.5 Å². The summed E-state index contributed by atoms with van der Waals surface area (Å²) in [4.78, 5) is -1.65.